The van der Waals surface area contributed by atoms with E-state index in [1.54, 1.807) is 24.9 Å². The van der Waals surface area contributed by atoms with Gasteiger partial charge in [0.2, 0.25) is 5.67 Å². The minimum absolute atomic E-state index is 0.00618. The molecule has 1 amide bonds. The lowest BCUT2D eigenvalue weighted by Gasteiger charge is -2.35. The number of nitrogens with one attached hydrogen (secondary N) is 1. The lowest BCUT2D eigenvalue weighted by atomic mass is 9.81. The molecule has 0 spiro atoms. The van der Waals surface area contributed by atoms with Crippen molar-refractivity contribution in [1.29, 1.82) is 0 Å². The summed E-state index contributed by atoms with van der Waals surface area (Å²) in [6.45, 7) is 2.72. The van der Waals surface area contributed by atoms with Gasteiger partial charge in [-0.3, -0.25) is 4.79 Å². The van der Waals surface area contributed by atoms with Crippen LogP contribution in [0.2, 0.25) is 5.02 Å². The summed E-state index contributed by atoms with van der Waals surface area (Å²) in [5, 5.41) is 13.7. The van der Waals surface area contributed by atoms with E-state index in [-0.39, 0.29) is 42.2 Å². The van der Waals surface area contributed by atoms with E-state index < -0.39 is 29.0 Å². The van der Waals surface area contributed by atoms with Gasteiger partial charge in [0.25, 0.3) is 5.91 Å². The number of rotatable bonds is 6. The molecule has 2 aliphatic rings. The molecule has 3 atom stereocenters. The van der Waals surface area contributed by atoms with E-state index in [2.05, 4.69) is 10.3 Å². The second-order valence-electron chi connectivity index (χ2n) is 9.52. The summed E-state index contributed by atoms with van der Waals surface area (Å²) in [6, 6.07) is 3.94. The largest absolute Gasteiger partial charge is 0.464 e. The Hall–Kier alpha value is -2.52. The summed E-state index contributed by atoms with van der Waals surface area (Å²) in [7, 11) is 1.71. The quantitative estimate of drug-likeness (QED) is 0.580. The molecule has 2 N–H and O–H groups in total. The summed E-state index contributed by atoms with van der Waals surface area (Å²) in [5.74, 6) is -2.08. The van der Waals surface area contributed by atoms with Gasteiger partial charge in [0.15, 0.2) is 0 Å². The Morgan fingerprint density at radius 3 is 2.59 bits per heavy atom. The molecule has 1 aromatic carbocycles. The van der Waals surface area contributed by atoms with Crippen molar-refractivity contribution in [2.45, 2.75) is 56.7 Å². The first kappa shape index (κ1) is 24.6. The first-order chi connectivity index (χ1) is 16.0. The number of anilines is 1. The van der Waals surface area contributed by atoms with Crippen LogP contribution in [0.4, 0.5) is 14.5 Å². The number of alkyl halides is 1. The normalized spacial score (nSPS) is 27.8. The van der Waals surface area contributed by atoms with E-state index in [9.17, 15) is 19.1 Å². The van der Waals surface area contributed by atoms with Gasteiger partial charge in [0.05, 0.1) is 23.7 Å². The topological polar surface area (TPSA) is 93.4 Å². The summed E-state index contributed by atoms with van der Waals surface area (Å²) < 4.78 is 35.2. The molecule has 4 rings (SSSR count). The Bertz CT molecular complexity index is 1110. The fourth-order valence-corrected chi connectivity index (χ4v) is 5.69. The van der Waals surface area contributed by atoms with Gasteiger partial charge in [-0.1, -0.05) is 11.6 Å². The van der Waals surface area contributed by atoms with E-state index in [1.807, 2.05) is 0 Å². The number of carbonyl (C=O) groups is 2. The van der Waals surface area contributed by atoms with Crippen LogP contribution in [0.1, 0.15) is 61.6 Å². The first-order valence-electron chi connectivity index (χ1n) is 11.3. The highest BCUT2D eigenvalue weighted by Gasteiger charge is 2.62. The summed E-state index contributed by atoms with van der Waals surface area (Å²) in [4.78, 5) is 29.6. The van der Waals surface area contributed by atoms with Gasteiger partial charge in [-0.05, 0) is 69.6 Å². The predicted molar refractivity (Wildman–Crippen MR) is 122 cm³/mol. The Kier molecular flexibility index (Phi) is 6.46. The predicted octanol–water partition coefficient (Wildman–Crippen LogP) is 4.39. The number of carbonyl (C=O) groups excluding carboxylic acids is 2. The Labute approximate surface area is 201 Å². The van der Waals surface area contributed by atoms with Crippen molar-refractivity contribution in [2.75, 3.05) is 11.9 Å². The maximum atomic E-state index is 15.3. The minimum atomic E-state index is -2.49. The van der Waals surface area contributed by atoms with Crippen molar-refractivity contribution in [2.24, 2.45) is 18.9 Å². The molecule has 34 heavy (non-hydrogen) atoms. The lowest BCUT2D eigenvalue weighted by molar-refractivity contribution is -0.177. The van der Waals surface area contributed by atoms with Gasteiger partial charge in [-0.2, -0.15) is 0 Å². The Morgan fingerprint density at radius 2 is 2.00 bits per heavy atom. The number of amides is 1. The van der Waals surface area contributed by atoms with Crippen molar-refractivity contribution < 1.29 is 28.2 Å². The monoisotopic (exact) mass is 495 g/mol. The van der Waals surface area contributed by atoms with Gasteiger partial charge in [0.1, 0.15) is 17.1 Å². The average molecular weight is 496 g/mol. The van der Waals surface area contributed by atoms with E-state index in [0.29, 0.717) is 29.9 Å². The van der Waals surface area contributed by atoms with Crippen LogP contribution < -0.4 is 5.32 Å². The number of aliphatic hydroxyl groups is 1. The summed E-state index contributed by atoms with van der Waals surface area (Å²) in [5.41, 5.74) is -2.92. The molecule has 10 heteroatoms. The van der Waals surface area contributed by atoms with Crippen LogP contribution in [0.5, 0.6) is 0 Å². The summed E-state index contributed by atoms with van der Waals surface area (Å²) in [6.07, 6.45) is 3.08. The molecule has 2 aliphatic carbocycles. The van der Waals surface area contributed by atoms with Gasteiger partial charge in [0, 0.05) is 18.7 Å². The summed E-state index contributed by atoms with van der Waals surface area (Å²) >= 11 is 5.82. The van der Waals surface area contributed by atoms with Crippen LogP contribution in [0.15, 0.2) is 24.5 Å². The number of nitrogens with zero attached hydrogens (tertiary/aromatic N) is 2. The number of fused-ring (bicyclic) bond motifs is 1. The van der Waals surface area contributed by atoms with Crippen molar-refractivity contribution in [3.05, 3.63) is 46.8 Å². The van der Waals surface area contributed by atoms with Crippen LogP contribution in [-0.4, -0.2) is 44.4 Å². The molecule has 1 heterocycles. The van der Waals surface area contributed by atoms with Crippen LogP contribution in [-0.2, 0) is 16.6 Å². The smallest absolute Gasteiger partial charge is 0.346 e. The number of aromatic nitrogens is 2. The van der Waals surface area contributed by atoms with E-state index in [4.69, 9.17) is 16.3 Å². The molecule has 2 aromatic rings. The fourth-order valence-electron chi connectivity index (χ4n) is 5.51. The Morgan fingerprint density at radius 1 is 1.35 bits per heavy atom. The lowest BCUT2D eigenvalue weighted by Crippen LogP contribution is -2.53. The zero-order valence-electron chi connectivity index (χ0n) is 19.3. The highest BCUT2D eigenvalue weighted by molar-refractivity contribution is 6.31. The number of esters is 1. The average Bonchev–Trinajstić information content (AvgIpc) is 3.42. The molecule has 1 aromatic heterocycles. The third kappa shape index (κ3) is 4.20. The van der Waals surface area contributed by atoms with Gasteiger partial charge in [-0.15, -0.1) is 0 Å². The van der Waals surface area contributed by atoms with Crippen LogP contribution in [0, 0.1) is 17.7 Å². The van der Waals surface area contributed by atoms with E-state index >= 15 is 4.39 Å². The standard InChI is InChI=1S/C24H28ClF2N3O4/c1-4-34-22(32)23(2,27)24(33)10-14-7-13(8-15(14)11-24)19-20(30(3)12-28-19)21(31)29-16-5-6-18(26)17(25)9-16/h5-6,9,12-15,33H,4,7-8,10-11H2,1-3H3,(H,29,31). The van der Waals surface area contributed by atoms with Crippen LogP contribution in [0.25, 0.3) is 0 Å². The van der Waals surface area contributed by atoms with E-state index in [0.717, 1.165) is 6.92 Å². The number of hydrogen-bond donors (Lipinski definition) is 2. The number of ether oxygens (including phenoxy) is 1. The van der Waals surface area contributed by atoms with Crippen molar-refractivity contribution in [1.82, 2.24) is 9.55 Å². The minimum Gasteiger partial charge on any atom is -0.464 e. The van der Waals surface area contributed by atoms with Gasteiger partial charge >= 0.3 is 5.97 Å². The van der Waals surface area contributed by atoms with Gasteiger partial charge in [-0.25, -0.2) is 18.6 Å². The maximum Gasteiger partial charge on any atom is 0.346 e. The number of benzene rings is 1. The number of aryl methyl sites for hydroxylation is 1. The van der Waals surface area contributed by atoms with Gasteiger partial charge < -0.3 is 19.7 Å². The van der Waals surface area contributed by atoms with Crippen molar-refractivity contribution >= 4 is 29.2 Å². The van der Waals surface area contributed by atoms with Crippen LogP contribution in [0.3, 0.4) is 0 Å². The molecule has 3 unspecified atom stereocenters. The number of halogens is 3. The van der Waals surface area contributed by atoms with Crippen molar-refractivity contribution in [3.63, 3.8) is 0 Å². The molecule has 2 saturated carbocycles. The Balaban J connectivity index is 1.49. The highest BCUT2D eigenvalue weighted by Crippen LogP contribution is 2.57. The molecular weight excluding hydrogens is 468 g/mol. The third-order valence-electron chi connectivity index (χ3n) is 7.32. The van der Waals surface area contributed by atoms with Crippen molar-refractivity contribution in [3.8, 4) is 0 Å². The van der Waals surface area contributed by atoms with E-state index in [1.165, 1.54) is 18.2 Å². The second-order valence-corrected chi connectivity index (χ2v) is 9.93. The first-order valence-corrected chi connectivity index (χ1v) is 11.7. The third-order valence-corrected chi connectivity index (χ3v) is 7.61. The SMILES string of the molecule is CCOC(=O)C(C)(F)C1(O)CC2CC(c3ncn(C)c3C(=O)Nc3ccc(F)c(Cl)c3)CC2C1. The molecule has 2 fully saturated rings. The number of hydrogen-bond acceptors (Lipinski definition) is 5. The zero-order valence-corrected chi connectivity index (χ0v) is 20.0. The number of imidazole rings is 1. The van der Waals surface area contributed by atoms with Crippen LogP contribution >= 0.6 is 11.6 Å². The molecule has 0 radical (unpaired) electrons. The molecular formula is C24H28ClF2N3O4. The molecule has 7 nitrogen and oxygen atoms in total. The maximum absolute atomic E-state index is 15.3. The second kappa shape index (κ2) is 8.92. The fraction of sp³-hybridized carbons (Fsp3) is 0.542. The highest BCUT2D eigenvalue weighted by atomic mass is 35.5. The molecule has 0 bridgehead atoms. The molecule has 0 saturated heterocycles. The zero-order chi connectivity index (χ0) is 24.8. The molecule has 184 valence electrons. The molecule has 0 aliphatic heterocycles.